The second-order valence-electron chi connectivity index (χ2n) is 5.79. The molecule has 6 heteroatoms. The fourth-order valence-corrected chi connectivity index (χ4v) is 2.77. The summed E-state index contributed by atoms with van der Waals surface area (Å²) in [5.74, 6) is -2.32. The maximum Gasteiger partial charge on any atom is 0.325 e. The molecule has 0 radical (unpaired) electrons. The van der Waals surface area contributed by atoms with Gasteiger partial charge in [0, 0.05) is 12.0 Å². The highest BCUT2D eigenvalue weighted by atomic mass is 16.6. The van der Waals surface area contributed by atoms with Gasteiger partial charge in [0.25, 0.3) is 0 Å². The molecule has 0 spiro atoms. The Balaban J connectivity index is 2.41. The van der Waals surface area contributed by atoms with E-state index in [1.54, 1.807) is 31.2 Å². The molecule has 0 aromatic heterocycles. The molecule has 0 bridgehead atoms. The third-order valence-corrected chi connectivity index (χ3v) is 4.16. The lowest BCUT2D eigenvalue weighted by atomic mass is 9.78. The molecule has 6 nitrogen and oxygen atoms in total. The highest BCUT2D eigenvalue weighted by Gasteiger charge is 2.50. The molecule has 1 atom stereocenters. The molecule has 0 aliphatic rings. The lowest BCUT2D eigenvalue weighted by Crippen LogP contribution is -2.43. The van der Waals surface area contributed by atoms with Gasteiger partial charge in [0.15, 0.2) is 11.2 Å². The number of ketones is 1. The summed E-state index contributed by atoms with van der Waals surface area (Å²) in [5, 5.41) is 10.9. The minimum absolute atomic E-state index is 0.0210. The van der Waals surface area contributed by atoms with E-state index >= 15 is 0 Å². The van der Waals surface area contributed by atoms with Crippen LogP contribution in [0.15, 0.2) is 42.5 Å². The maximum atomic E-state index is 12.8. The Hall–Kier alpha value is -3.20. The van der Waals surface area contributed by atoms with Crippen molar-refractivity contribution in [1.82, 2.24) is 0 Å². The molecule has 134 valence electrons. The summed E-state index contributed by atoms with van der Waals surface area (Å²) in [4.78, 5) is 37.5. The van der Waals surface area contributed by atoms with Crippen molar-refractivity contribution in [2.24, 2.45) is 5.41 Å². The first-order valence-electron chi connectivity index (χ1n) is 8.13. The maximum absolute atomic E-state index is 12.8. The van der Waals surface area contributed by atoms with Gasteiger partial charge in [-0.3, -0.25) is 14.4 Å². The first-order chi connectivity index (χ1) is 12.5. The third-order valence-electron chi connectivity index (χ3n) is 4.16. The summed E-state index contributed by atoms with van der Waals surface area (Å²) in [7, 11) is 1.11. The molecule has 2 aromatic carbocycles. The Morgan fingerprint density at radius 2 is 1.77 bits per heavy atom. The fraction of sp³-hybridized carbons (Fsp3) is 0.300. The summed E-state index contributed by atoms with van der Waals surface area (Å²) in [6.07, 6.45) is -0.998. The highest BCUT2D eigenvalue weighted by molar-refractivity contribution is 6.08. The van der Waals surface area contributed by atoms with E-state index in [1.165, 1.54) is 0 Å². The van der Waals surface area contributed by atoms with Gasteiger partial charge >= 0.3 is 11.9 Å². The van der Waals surface area contributed by atoms with Crippen LogP contribution < -0.4 is 0 Å². The van der Waals surface area contributed by atoms with E-state index in [4.69, 9.17) is 14.7 Å². The van der Waals surface area contributed by atoms with Crippen LogP contribution in [0.25, 0.3) is 10.8 Å². The molecule has 0 amide bonds. The van der Waals surface area contributed by atoms with Crippen LogP contribution in [0.5, 0.6) is 0 Å². The predicted molar refractivity (Wildman–Crippen MR) is 94.2 cm³/mol. The SMILES string of the molecule is CCOC(=O)C(CC#N)(CC(=O)c1ccc2ccccc2c1)C(=O)OC. The van der Waals surface area contributed by atoms with Crippen LogP contribution in [0.2, 0.25) is 0 Å². The molecule has 0 heterocycles. The summed E-state index contributed by atoms with van der Waals surface area (Å²) in [6, 6.07) is 14.4. The van der Waals surface area contributed by atoms with E-state index in [1.807, 2.05) is 24.3 Å². The lowest BCUT2D eigenvalue weighted by molar-refractivity contribution is -0.170. The second kappa shape index (κ2) is 8.26. The normalized spacial score (nSPS) is 12.7. The number of carbonyl (C=O) groups is 3. The number of rotatable bonds is 7. The van der Waals surface area contributed by atoms with Crippen LogP contribution in [0, 0.1) is 16.7 Å². The van der Waals surface area contributed by atoms with Crippen LogP contribution in [0.4, 0.5) is 0 Å². The van der Waals surface area contributed by atoms with E-state index in [2.05, 4.69) is 0 Å². The monoisotopic (exact) mass is 353 g/mol. The van der Waals surface area contributed by atoms with Crippen molar-refractivity contribution >= 4 is 28.5 Å². The Kier molecular flexibility index (Phi) is 6.07. The molecule has 26 heavy (non-hydrogen) atoms. The zero-order chi connectivity index (χ0) is 19.2. The number of Topliss-reactive ketones (excluding diaryl/α,β-unsaturated/α-hetero) is 1. The molecule has 0 N–H and O–H groups in total. The van der Waals surface area contributed by atoms with Gasteiger partial charge in [0.1, 0.15) is 0 Å². The summed E-state index contributed by atoms with van der Waals surface area (Å²) in [6.45, 7) is 1.60. The Labute approximate surface area is 151 Å². The number of hydrogen-bond donors (Lipinski definition) is 0. The zero-order valence-corrected chi connectivity index (χ0v) is 14.7. The number of benzene rings is 2. The van der Waals surface area contributed by atoms with Crippen LogP contribution in [-0.4, -0.2) is 31.4 Å². The molecule has 0 aliphatic carbocycles. The molecule has 2 rings (SSSR count). The smallest absolute Gasteiger partial charge is 0.325 e. The predicted octanol–water partition coefficient (Wildman–Crippen LogP) is 3.05. The van der Waals surface area contributed by atoms with E-state index in [-0.39, 0.29) is 6.61 Å². The summed E-state index contributed by atoms with van der Waals surface area (Å²) >= 11 is 0. The lowest BCUT2D eigenvalue weighted by Gasteiger charge is -2.25. The minimum atomic E-state index is -1.97. The van der Waals surface area contributed by atoms with Crippen molar-refractivity contribution in [3.63, 3.8) is 0 Å². The van der Waals surface area contributed by atoms with Gasteiger partial charge < -0.3 is 9.47 Å². The Morgan fingerprint density at radius 3 is 2.38 bits per heavy atom. The summed E-state index contributed by atoms with van der Waals surface area (Å²) < 4.78 is 9.65. The van der Waals surface area contributed by atoms with Crippen molar-refractivity contribution in [3.8, 4) is 6.07 Å². The van der Waals surface area contributed by atoms with Gasteiger partial charge in [-0.2, -0.15) is 5.26 Å². The number of carbonyl (C=O) groups excluding carboxylic acids is 3. The molecular weight excluding hydrogens is 334 g/mol. The van der Waals surface area contributed by atoms with E-state index in [0.29, 0.717) is 5.56 Å². The van der Waals surface area contributed by atoms with Crippen LogP contribution in [-0.2, 0) is 19.1 Å². The molecule has 1 unspecified atom stereocenters. The highest BCUT2D eigenvalue weighted by Crippen LogP contribution is 2.32. The summed E-state index contributed by atoms with van der Waals surface area (Å²) in [5.41, 5.74) is -1.62. The molecule has 0 saturated heterocycles. The van der Waals surface area contributed by atoms with Gasteiger partial charge in [-0.05, 0) is 23.8 Å². The average Bonchev–Trinajstić information content (AvgIpc) is 2.66. The molecule has 0 saturated carbocycles. The first kappa shape index (κ1) is 19.1. The number of nitrogens with zero attached hydrogens (tertiary/aromatic N) is 1. The second-order valence-corrected chi connectivity index (χ2v) is 5.79. The minimum Gasteiger partial charge on any atom is -0.468 e. The third kappa shape index (κ3) is 3.72. The molecule has 0 aliphatic heterocycles. The average molecular weight is 353 g/mol. The van der Waals surface area contributed by atoms with Crippen molar-refractivity contribution in [2.45, 2.75) is 19.8 Å². The quantitative estimate of drug-likeness (QED) is 0.431. The number of esters is 2. The van der Waals surface area contributed by atoms with Crippen molar-refractivity contribution in [3.05, 3.63) is 48.0 Å². The van der Waals surface area contributed by atoms with Gasteiger partial charge in [0.2, 0.25) is 0 Å². The van der Waals surface area contributed by atoms with Crippen molar-refractivity contribution < 1.29 is 23.9 Å². The number of hydrogen-bond acceptors (Lipinski definition) is 6. The van der Waals surface area contributed by atoms with Gasteiger partial charge in [-0.1, -0.05) is 36.4 Å². The van der Waals surface area contributed by atoms with Crippen molar-refractivity contribution in [1.29, 1.82) is 5.26 Å². The van der Waals surface area contributed by atoms with Gasteiger partial charge in [-0.15, -0.1) is 0 Å². The fourth-order valence-electron chi connectivity index (χ4n) is 2.77. The topological polar surface area (TPSA) is 93.5 Å². The van der Waals surface area contributed by atoms with Crippen LogP contribution in [0.1, 0.15) is 30.1 Å². The van der Waals surface area contributed by atoms with E-state index in [9.17, 15) is 14.4 Å². The van der Waals surface area contributed by atoms with Gasteiger partial charge in [0.05, 0.1) is 26.2 Å². The molecular formula is C20H19NO5. The molecule has 0 fully saturated rings. The number of ether oxygens (including phenoxy) is 2. The van der Waals surface area contributed by atoms with E-state index in [0.717, 1.165) is 17.9 Å². The van der Waals surface area contributed by atoms with Crippen molar-refractivity contribution in [2.75, 3.05) is 13.7 Å². The zero-order valence-electron chi connectivity index (χ0n) is 14.7. The van der Waals surface area contributed by atoms with Gasteiger partial charge in [-0.25, -0.2) is 0 Å². The number of methoxy groups -OCH3 is 1. The van der Waals surface area contributed by atoms with E-state index < -0.39 is 36.0 Å². The number of nitriles is 1. The first-order valence-corrected chi connectivity index (χ1v) is 8.13. The van der Waals surface area contributed by atoms with Crippen LogP contribution in [0.3, 0.4) is 0 Å². The number of fused-ring (bicyclic) bond motifs is 1. The Morgan fingerprint density at radius 1 is 1.08 bits per heavy atom. The standard InChI is InChI=1S/C20H19NO5/c1-3-26-19(24)20(10-11-21,18(23)25-2)13-17(22)16-9-8-14-6-4-5-7-15(14)12-16/h4-9,12H,3,10,13H2,1-2H3. The Bertz CT molecular complexity index is 883. The van der Waals surface area contributed by atoms with Crippen LogP contribution >= 0.6 is 0 Å². The molecule has 2 aromatic rings. The largest absolute Gasteiger partial charge is 0.468 e.